The van der Waals surface area contributed by atoms with Crippen LogP contribution >= 0.6 is 0 Å². The van der Waals surface area contributed by atoms with Gasteiger partial charge in [-0.1, -0.05) is 13.3 Å². The standard InChI is InChI=1S/C16H28N2O5/c1-5-7-12(14(20)21)17-13(19)11-8-6-9-18(10-11)15(22)23-16(2,3)4/h11-12H,5-10H2,1-4H3,(H,17,19)(H,20,21). The van der Waals surface area contributed by atoms with Gasteiger partial charge >= 0.3 is 12.1 Å². The van der Waals surface area contributed by atoms with Crippen LogP contribution in [0.4, 0.5) is 4.79 Å². The van der Waals surface area contributed by atoms with Crippen LogP contribution in [-0.2, 0) is 14.3 Å². The number of hydrogen-bond donors (Lipinski definition) is 2. The predicted octanol–water partition coefficient (Wildman–Crippen LogP) is 2.00. The molecule has 1 heterocycles. The Kier molecular flexibility index (Phi) is 6.84. The lowest BCUT2D eigenvalue weighted by molar-refractivity contribution is -0.143. The van der Waals surface area contributed by atoms with E-state index in [0.717, 1.165) is 0 Å². The Morgan fingerprint density at radius 3 is 2.52 bits per heavy atom. The summed E-state index contributed by atoms with van der Waals surface area (Å²) in [6.45, 7) is 8.06. The Balaban J connectivity index is 2.61. The fourth-order valence-corrected chi connectivity index (χ4v) is 2.52. The number of nitrogens with zero attached hydrogens (tertiary/aromatic N) is 1. The summed E-state index contributed by atoms with van der Waals surface area (Å²) in [7, 11) is 0. The van der Waals surface area contributed by atoms with E-state index in [4.69, 9.17) is 9.84 Å². The van der Waals surface area contributed by atoms with Crippen molar-refractivity contribution in [1.82, 2.24) is 10.2 Å². The van der Waals surface area contributed by atoms with Crippen LogP contribution in [0.1, 0.15) is 53.4 Å². The average molecular weight is 328 g/mol. The van der Waals surface area contributed by atoms with E-state index in [1.807, 2.05) is 6.92 Å². The second-order valence-electron chi connectivity index (χ2n) is 6.95. The predicted molar refractivity (Wildman–Crippen MR) is 85.0 cm³/mol. The first-order valence-electron chi connectivity index (χ1n) is 8.15. The van der Waals surface area contributed by atoms with Gasteiger partial charge in [-0.2, -0.15) is 0 Å². The Morgan fingerprint density at radius 2 is 2.00 bits per heavy atom. The lowest BCUT2D eigenvalue weighted by Gasteiger charge is -2.33. The van der Waals surface area contributed by atoms with Crippen molar-refractivity contribution in [2.45, 2.75) is 65.0 Å². The lowest BCUT2D eigenvalue weighted by atomic mass is 9.96. The molecule has 0 saturated carbocycles. The van der Waals surface area contributed by atoms with Gasteiger partial charge in [0.1, 0.15) is 11.6 Å². The highest BCUT2D eigenvalue weighted by atomic mass is 16.6. The largest absolute Gasteiger partial charge is 0.480 e. The van der Waals surface area contributed by atoms with E-state index in [-0.39, 0.29) is 12.5 Å². The fraction of sp³-hybridized carbons (Fsp3) is 0.812. The van der Waals surface area contributed by atoms with Crippen molar-refractivity contribution < 1.29 is 24.2 Å². The van der Waals surface area contributed by atoms with Crippen LogP contribution in [-0.4, -0.2) is 52.7 Å². The molecule has 132 valence electrons. The van der Waals surface area contributed by atoms with Gasteiger partial charge < -0.3 is 20.1 Å². The van der Waals surface area contributed by atoms with Crippen molar-refractivity contribution in [2.24, 2.45) is 5.92 Å². The van der Waals surface area contributed by atoms with E-state index in [9.17, 15) is 14.4 Å². The molecule has 0 bridgehead atoms. The fourth-order valence-electron chi connectivity index (χ4n) is 2.52. The summed E-state index contributed by atoms with van der Waals surface area (Å²) in [6.07, 6.45) is 1.97. The van der Waals surface area contributed by atoms with E-state index < -0.39 is 29.6 Å². The van der Waals surface area contributed by atoms with Gasteiger partial charge in [0.2, 0.25) is 5.91 Å². The highest BCUT2D eigenvalue weighted by Crippen LogP contribution is 2.20. The molecule has 2 N–H and O–H groups in total. The Hall–Kier alpha value is -1.79. The SMILES string of the molecule is CCCC(NC(=O)C1CCCN(C(=O)OC(C)(C)C)C1)C(=O)O. The summed E-state index contributed by atoms with van der Waals surface area (Å²) >= 11 is 0. The number of carbonyl (C=O) groups is 3. The topological polar surface area (TPSA) is 95.9 Å². The summed E-state index contributed by atoms with van der Waals surface area (Å²) in [5.41, 5.74) is -0.582. The minimum Gasteiger partial charge on any atom is -0.480 e. The van der Waals surface area contributed by atoms with Gasteiger partial charge in [-0.15, -0.1) is 0 Å². The van der Waals surface area contributed by atoms with Crippen molar-refractivity contribution in [3.63, 3.8) is 0 Å². The van der Waals surface area contributed by atoms with Crippen LogP contribution in [0.25, 0.3) is 0 Å². The highest BCUT2D eigenvalue weighted by Gasteiger charge is 2.32. The van der Waals surface area contributed by atoms with Crippen LogP contribution in [0, 0.1) is 5.92 Å². The third-order valence-corrected chi connectivity index (χ3v) is 3.64. The second kappa shape index (κ2) is 8.17. The molecular weight excluding hydrogens is 300 g/mol. The van der Waals surface area contributed by atoms with E-state index in [2.05, 4.69) is 5.32 Å². The van der Waals surface area contributed by atoms with E-state index >= 15 is 0 Å². The third-order valence-electron chi connectivity index (χ3n) is 3.64. The molecule has 0 radical (unpaired) electrons. The second-order valence-corrected chi connectivity index (χ2v) is 6.95. The Bertz CT molecular complexity index is 444. The summed E-state index contributed by atoms with van der Waals surface area (Å²) in [4.78, 5) is 37.0. The van der Waals surface area contributed by atoms with Crippen LogP contribution in [0.2, 0.25) is 0 Å². The van der Waals surface area contributed by atoms with E-state index in [1.54, 1.807) is 20.8 Å². The number of likely N-dealkylation sites (tertiary alicyclic amines) is 1. The number of carboxylic acid groups (broad SMARTS) is 1. The zero-order chi connectivity index (χ0) is 17.6. The molecule has 1 saturated heterocycles. The maximum absolute atomic E-state index is 12.3. The molecule has 0 aliphatic carbocycles. The highest BCUT2D eigenvalue weighted by molar-refractivity contribution is 5.85. The number of carboxylic acids is 1. The maximum Gasteiger partial charge on any atom is 0.410 e. The number of aliphatic carboxylic acids is 1. The first-order valence-corrected chi connectivity index (χ1v) is 8.15. The monoisotopic (exact) mass is 328 g/mol. The molecule has 23 heavy (non-hydrogen) atoms. The first kappa shape index (κ1) is 19.3. The molecule has 1 fully saturated rings. The summed E-state index contributed by atoms with van der Waals surface area (Å²) < 4.78 is 5.32. The molecule has 1 rings (SSSR count). The summed E-state index contributed by atoms with van der Waals surface area (Å²) in [5, 5.41) is 11.7. The Morgan fingerprint density at radius 1 is 1.35 bits per heavy atom. The van der Waals surface area contributed by atoms with Gasteiger partial charge in [0, 0.05) is 13.1 Å². The molecular formula is C16H28N2O5. The molecule has 0 aromatic heterocycles. The molecule has 7 nitrogen and oxygen atoms in total. The number of rotatable bonds is 5. The molecule has 2 unspecified atom stereocenters. The number of amides is 2. The van der Waals surface area contributed by atoms with Crippen molar-refractivity contribution in [1.29, 1.82) is 0 Å². The number of nitrogens with one attached hydrogen (secondary N) is 1. The molecule has 2 amide bonds. The van der Waals surface area contributed by atoms with Crippen molar-refractivity contribution in [3.05, 3.63) is 0 Å². The van der Waals surface area contributed by atoms with Gasteiger partial charge in [-0.05, 0) is 40.0 Å². The van der Waals surface area contributed by atoms with Gasteiger partial charge in [0.25, 0.3) is 0 Å². The number of hydrogen-bond acceptors (Lipinski definition) is 4. The van der Waals surface area contributed by atoms with Crippen LogP contribution in [0.3, 0.4) is 0 Å². The van der Waals surface area contributed by atoms with Crippen molar-refractivity contribution in [3.8, 4) is 0 Å². The Labute approximate surface area is 137 Å². The zero-order valence-electron chi connectivity index (χ0n) is 14.4. The molecule has 0 aromatic carbocycles. The van der Waals surface area contributed by atoms with Crippen LogP contribution < -0.4 is 5.32 Å². The quantitative estimate of drug-likeness (QED) is 0.805. The summed E-state index contributed by atoms with van der Waals surface area (Å²) in [6, 6.07) is -0.871. The van der Waals surface area contributed by atoms with Crippen molar-refractivity contribution in [2.75, 3.05) is 13.1 Å². The third kappa shape index (κ3) is 6.46. The van der Waals surface area contributed by atoms with E-state index in [1.165, 1.54) is 4.90 Å². The maximum atomic E-state index is 12.3. The van der Waals surface area contributed by atoms with Gasteiger partial charge in [-0.25, -0.2) is 9.59 Å². The molecule has 0 spiro atoms. The minimum absolute atomic E-state index is 0.263. The summed E-state index contributed by atoms with van der Waals surface area (Å²) in [5.74, 6) is -1.73. The molecule has 0 aromatic rings. The zero-order valence-corrected chi connectivity index (χ0v) is 14.4. The molecule has 7 heteroatoms. The minimum atomic E-state index is -1.03. The number of piperidine rings is 1. The average Bonchev–Trinajstić information content (AvgIpc) is 2.45. The normalized spacial score (nSPS) is 19.8. The number of carbonyl (C=O) groups excluding carboxylic acids is 2. The smallest absolute Gasteiger partial charge is 0.410 e. The van der Waals surface area contributed by atoms with Crippen LogP contribution in [0.5, 0.6) is 0 Å². The van der Waals surface area contributed by atoms with Gasteiger partial charge in [0.05, 0.1) is 5.92 Å². The lowest BCUT2D eigenvalue weighted by Crippen LogP contribution is -2.50. The van der Waals surface area contributed by atoms with Gasteiger partial charge in [-0.3, -0.25) is 4.79 Å². The molecule has 1 aliphatic heterocycles. The number of ether oxygens (including phenoxy) is 1. The van der Waals surface area contributed by atoms with Gasteiger partial charge in [0.15, 0.2) is 0 Å². The molecule has 1 aliphatic rings. The van der Waals surface area contributed by atoms with Crippen LogP contribution in [0.15, 0.2) is 0 Å². The molecule has 2 atom stereocenters. The van der Waals surface area contributed by atoms with E-state index in [0.29, 0.717) is 32.2 Å². The van der Waals surface area contributed by atoms with Crippen molar-refractivity contribution >= 4 is 18.0 Å². The first-order chi connectivity index (χ1) is 10.6.